The standard InChI is InChI=1S/C21H36N6O3S/c1-26-10-12-27(13-11-26)21-24-19-8-3-2-7-18(19)20(25-21)22-9-15-31(28,29)23-16-17-6-4-5-14-30-17/h17,23H,2-16H2,1H3,(H,22,24,25). The average Bonchev–Trinajstić information content (AvgIpc) is 2.79. The van der Waals surface area contributed by atoms with Gasteiger partial charge in [0.15, 0.2) is 0 Å². The molecule has 0 aromatic carbocycles. The highest BCUT2D eigenvalue weighted by Gasteiger charge is 2.23. The molecule has 31 heavy (non-hydrogen) atoms. The minimum atomic E-state index is -3.36. The first-order chi connectivity index (χ1) is 15.0. The highest BCUT2D eigenvalue weighted by atomic mass is 32.2. The van der Waals surface area contributed by atoms with Crippen LogP contribution in [0.3, 0.4) is 0 Å². The number of hydrogen-bond donors (Lipinski definition) is 2. The molecule has 2 fully saturated rings. The van der Waals surface area contributed by atoms with Gasteiger partial charge in [0.25, 0.3) is 0 Å². The van der Waals surface area contributed by atoms with Crippen LogP contribution in [0.25, 0.3) is 0 Å². The first-order valence-electron chi connectivity index (χ1n) is 11.7. The molecule has 1 aliphatic carbocycles. The number of likely N-dealkylation sites (N-methyl/N-ethyl adjacent to an activating group) is 1. The molecule has 1 unspecified atom stereocenters. The summed E-state index contributed by atoms with van der Waals surface area (Å²) in [7, 11) is -1.23. The second-order valence-electron chi connectivity index (χ2n) is 8.88. The number of nitrogens with one attached hydrogen (secondary N) is 2. The summed E-state index contributed by atoms with van der Waals surface area (Å²) in [5.41, 5.74) is 2.28. The topological polar surface area (TPSA) is 99.7 Å². The molecule has 9 nitrogen and oxygen atoms in total. The van der Waals surface area contributed by atoms with Crippen LogP contribution in [0.5, 0.6) is 0 Å². The molecule has 2 saturated heterocycles. The molecule has 0 spiro atoms. The number of nitrogens with zero attached hydrogens (tertiary/aromatic N) is 4. The lowest BCUT2D eigenvalue weighted by Gasteiger charge is -2.33. The number of hydrogen-bond acceptors (Lipinski definition) is 8. The lowest BCUT2D eigenvalue weighted by molar-refractivity contribution is 0.0200. The maximum atomic E-state index is 12.4. The quantitative estimate of drug-likeness (QED) is 0.603. The number of anilines is 2. The van der Waals surface area contributed by atoms with Gasteiger partial charge in [-0.05, 0) is 52.0 Å². The summed E-state index contributed by atoms with van der Waals surface area (Å²) in [5.74, 6) is 1.60. The van der Waals surface area contributed by atoms with E-state index in [0.29, 0.717) is 13.1 Å². The van der Waals surface area contributed by atoms with Crippen molar-refractivity contribution in [3.8, 4) is 0 Å². The van der Waals surface area contributed by atoms with Crippen molar-refractivity contribution in [3.63, 3.8) is 0 Å². The highest BCUT2D eigenvalue weighted by Crippen LogP contribution is 2.28. The van der Waals surface area contributed by atoms with Crippen LogP contribution in [0, 0.1) is 0 Å². The largest absolute Gasteiger partial charge is 0.377 e. The Bertz CT molecular complexity index is 836. The second kappa shape index (κ2) is 10.4. The molecule has 3 aliphatic rings. The van der Waals surface area contributed by atoms with Crippen molar-refractivity contribution in [2.45, 2.75) is 51.0 Å². The molecular weight excluding hydrogens is 416 g/mol. The summed E-state index contributed by atoms with van der Waals surface area (Å²) in [6, 6.07) is 0. The van der Waals surface area contributed by atoms with Gasteiger partial charge in [0.1, 0.15) is 5.82 Å². The molecule has 0 saturated carbocycles. The third-order valence-corrected chi connectivity index (χ3v) is 7.77. The fraction of sp³-hybridized carbons (Fsp3) is 0.810. The van der Waals surface area contributed by atoms with E-state index in [0.717, 1.165) is 101 Å². The number of sulfonamides is 1. The third-order valence-electron chi connectivity index (χ3n) is 6.43. The number of aryl methyl sites for hydroxylation is 1. The van der Waals surface area contributed by atoms with E-state index in [1.165, 1.54) is 0 Å². The number of piperazine rings is 1. The number of fused-ring (bicyclic) bond motifs is 1. The van der Waals surface area contributed by atoms with Crippen molar-refractivity contribution in [2.75, 3.05) is 68.9 Å². The first kappa shape index (κ1) is 22.7. The predicted molar refractivity (Wildman–Crippen MR) is 122 cm³/mol. The molecular formula is C21H36N6O3S. The Morgan fingerprint density at radius 2 is 1.87 bits per heavy atom. The number of ether oxygens (including phenoxy) is 1. The Morgan fingerprint density at radius 1 is 1.06 bits per heavy atom. The Labute approximate surface area is 186 Å². The molecule has 0 amide bonds. The van der Waals surface area contributed by atoms with Gasteiger partial charge in [-0.15, -0.1) is 0 Å². The summed E-state index contributed by atoms with van der Waals surface area (Å²) in [6.45, 7) is 5.23. The minimum absolute atomic E-state index is 0.00323. The number of aromatic nitrogens is 2. The molecule has 2 N–H and O–H groups in total. The fourth-order valence-corrected chi connectivity index (χ4v) is 5.39. The monoisotopic (exact) mass is 452 g/mol. The lowest BCUT2D eigenvalue weighted by atomic mass is 9.96. The third kappa shape index (κ3) is 6.27. The molecule has 1 aromatic heterocycles. The van der Waals surface area contributed by atoms with E-state index in [1.807, 2.05) is 0 Å². The Kier molecular flexibility index (Phi) is 7.63. The van der Waals surface area contributed by atoms with Gasteiger partial charge >= 0.3 is 0 Å². The summed E-state index contributed by atoms with van der Waals surface area (Å²) >= 11 is 0. The SMILES string of the molecule is CN1CCN(c2nc3c(c(NCCS(=O)(=O)NCC4CCCCO4)n2)CCCC3)CC1. The van der Waals surface area contributed by atoms with Crippen molar-refractivity contribution >= 4 is 21.8 Å². The minimum Gasteiger partial charge on any atom is -0.377 e. The van der Waals surface area contributed by atoms with Crippen LogP contribution >= 0.6 is 0 Å². The molecule has 1 aromatic rings. The van der Waals surface area contributed by atoms with Crippen LogP contribution in [-0.2, 0) is 27.6 Å². The maximum Gasteiger partial charge on any atom is 0.227 e. The second-order valence-corrected chi connectivity index (χ2v) is 10.8. The van der Waals surface area contributed by atoms with Crippen molar-refractivity contribution < 1.29 is 13.2 Å². The van der Waals surface area contributed by atoms with Gasteiger partial charge in [-0.25, -0.2) is 18.1 Å². The van der Waals surface area contributed by atoms with Crippen LogP contribution in [0.4, 0.5) is 11.8 Å². The molecule has 0 radical (unpaired) electrons. The van der Waals surface area contributed by atoms with Gasteiger partial charge in [0.2, 0.25) is 16.0 Å². The van der Waals surface area contributed by atoms with E-state index in [1.54, 1.807) is 0 Å². The zero-order valence-electron chi connectivity index (χ0n) is 18.6. The van der Waals surface area contributed by atoms with Crippen LogP contribution in [-0.4, -0.2) is 88.1 Å². The van der Waals surface area contributed by atoms with Crippen molar-refractivity contribution in [1.29, 1.82) is 0 Å². The van der Waals surface area contributed by atoms with E-state index >= 15 is 0 Å². The maximum absolute atomic E-state index is 12.4. The Balaban J connectivity index is 1.37. The van der Waals surface area contributed by atoms with Crippen LogP contribution < -0.4 is 14.9 Å². The fourth-order valence-electron chi connectivity index (χ4n) is 4.44. The zero-order chi connectivity index (χ0) is 21.7. The molecule has 10 heteroatoms. The van der Waals surface area contributed by atoms with Crippen molar-refractivity contribution in [1.82, 2.24) is 19.6 Å². The molecule has 1 atom stereocenters. The Morgan fingerprint density at radius 3 is 2.65 bits per heavy atom. The van der Waals surface area contributed by atoms with E-state index in [-0.39, 0.29) is 11.9 Å². The predicted octanol–water partition coefficient (Wildman–Crippen LogP) is 1.01. The lowest BCUT2D eigenvalue weighted by Crippen LogP contribution is -2.45. The van der Waals surface area contributed by atoms with Crippen LogP contribution in [0.15, 0.2) is 0 Å². The van der Waals surface area contributed by atoms with Crippen molar-refractivity contribution in [3.05, 3.63) is 11.3 Å². The summed E-state index contributed by atoms with van der Waals surface area (Å²) in [5, 5.41) is 3.32. The normalized spacial score (nSPS) is 22.9. The zero-order valence-corrected chi connectivity index (χ0v) is 19.4. The summed E-state index contributed by atoms with van der Waals surface area (Å²) in [4.78, 5) is 14.2. The van der Waals surface area contributed by atoms with Gasteiger partial charge in [0.05, 0.1) is 17.6 Å². The van der Waals surface area contributed by atoms with E-state index in [2.05, 4.69) is 26.9 Å². The molecule has 4 rings (SSSR count). The van der Waals surface area contributed by atoms with Gasteiger partial charge < -0.3 is 19.9 Å². The van der Waals surface area contributed by atoms with Gasteiger partial charge in [-0.2, -0.15) is 4.98 Å². The van der Waals surface area contributed by atoms with Crippen LogP contribution in [0.1, 0.15) is 43.4 Å². The van der Waals surface area contributed by atoms with Gasteiger partial charge in [-0.1, -0.05) is 0 Å². The summed E-state index contributed by atoms with van der Waals surface area (Å²) < 4.78 is 33.2. The molecule has 0 bridgehead atoms. The molecule has 174 valence electrons. The average molecular weight is 453 g/mol. The summed E-state index contributed by atoms with van der Waals surface area (Å²) in [6.07, 6.45) is 7.27. The molecule has 3 heterocycles. The molecule has 2 aliphatic heterocycles. The highest BCUT2D eigenvalue weighted by molar-refractivity contribution is 7.89. The van der Waals surface area contributed by atoms with Gasteiger partial charge in [0, 0.05) is 51.4 Å². The Hall–Kier alpha value is -1.49. The van der Waals surface area contributed by atoms with Crippen molar-refractivity contribution in [2.24, 2.45) is 0 Å². The van der Waals surface area contributed by atoms with E-state index in [9.17, 15) is 8.42 Å². The van der Waals surface area contributed by atoms with Gasteiger partial charge in [-0.3, -0.25) is 0 Å². The number of rotatable bonds is 8. The van der Waals surface area contributed by atoms with E-state index in [4.69, 9.17) is 14.7 Å². The first-order valence-corrected chi connectivity index (χ1v) is 13.3. The van der Waals surface area contributed by atoms with Crippen LogP contribution in [0.2, 0.25) is 0 Å². The smallest absolute Gasteiger partial charge is 0.227 e. The van der Waals surface area contributed by atoms with E-state index < -0.39 is 10.0 Å².